The highest BCUT2D eigenvalue weighted by Gasteiger charge is 2.26. The number of ether oxygens (including phenoxy) is 1. The van der Waals surface area contributed by atoms with Crippen LogP contribution in [0.2, 0.25) is 0 Å². The Labute approximate surface area is 153 Å². The molecule has 0 unspecified atom stereocenters. The number of benzene rings is 1. The minimum absolute atomic E-state index is 0.262. The zero-order valence-electron chi connectivity index (χ0n) is 15.0. The van der Waals surface area contributed by atoms with Crippen molar-refractivity contribution in [2.45, 2.75) is 32.4 Å². The van der Waals surface area contributed by atoms with Crippen LogP contribution in [0.15, 0.2) is 24.3 Å². The molecule has 1 fully saturated rings. The van der Waals surface area contributed by atoms with Gasteiger partial charge in [0.1, 0.15) is 6.61 Å². The van der Waals surface area contributed by atoms with E-state index in [4.69, 9.17) is 4.74 Å². The lowest BCUT2D eigenvalue weighted by atomic mass is 10.1. The van der Waals surface area contributed by atoms with Crippen LogP contribution in [-0.2, 0) is 6.54 Å². The summed E-state index contributed by atoms with van der Waals surface area (Å²) >= 11 is 1.76. The van der Waals surface area contributed by atoms with Gasteiger partial charge in [-0.2, -0.15) is 0 Å². The maximum atomic E-state index is 10.5. The van der Waals surface area contributed by atoms with Gasteiger partial charge in [0.15, 0.2) is 11.5 Å². The van der Waals surface area contributed by atoms with Gasteiger partial charge in [-0.25, -0.2) is 0 Å². The highest BCUT2D eigenvalue weighted by molar-refractivity contribution is 7.15. The number of hydrogen-bond acceptors (Lipinski definition) is 5. The van der Waals surface area contributed by atoms with Gasteiger partial charge in [-0.15, -0.1) is 11.3 Å². The largest absolute Gasteiger partial charge is 0.504 e. The number of phenolic OH excluding ortho intramolecular Hbond substituents is 1. The first-order valence-corrected chi connectivity index (χ1v) is 9.90. The van der Waals surface area contributed by atoms with Crippen LogP contribution in [-0.4, -0.2) is 54.2 Å². The molecule has 0 bridgehead atoms. The molecule has 2 aromatic rings. The Balaban J connectivity index is 1.59. The summed E-state index contributed by atoms with van der Waals surface area (Å²) in [6.45, 7) is 6.77. The molecular weight excluding hydrogens is 332 g/mol. The lowest BCUT2D eigenvalue weighted by molar-refractivity contribution is 0.172. The molecule has 0 saturated carbocycles. The van der Waals surface area contributed by atoms with Crippen molar-refractivity contribution in [1.82, 2.24) is 9.80 Å². The van der Waals surface area contributed by atoms with Crippen LogP contribution in [0.3, 0.4) is 0 Å². The Morgan fingerprint density at radius 1 is 1.28 bits per heavy atom. The maximum Gasteiger partial charge on any atom is 0.165 e. The second kappa shape index (κ2) is 6.98. The van der Waals surface area contributed by atoms with Crippen LogP contribution in [0.5, 0.6) is 11.5 Å². The minimum Gasteiger partial charge on any atom is -0.504 e. The quantitative estimate of drug-likeness (QED) is 0.907. The fourth-order valence-corrected chi connectivity index (χ4v) is 4.80. The second-order valence-electron chi connectivity index (χ2n) is 7.25. The van der Waals surface area contributed by atoms with Crippen molar-refractivity contribution >= 4 is 11.3 Å². The molecule has 4 rings (SSSR count). The summed E-state index contributed by atoms with van der Waals surface area (Å²) in [6, 6.07) is 8.92. The number of thiophene rings is 1. The van der Waals surface area contributed by atoms with Gasteiger partial charge in [-0.05, 0) is 63.2 Å². The van der Waals surface area contributed by atoms with Crippen molar-refractivity contribution in [3.05, 3.63) is 34.7 Å². The molecule has 0 aliphatic carbocycles. The molecule has 1 aromatic heterocycles. The normalized spacial score (nSPS) is 21.8. The van der Waals surface area contributed by atoms with E-state index in [9.17, 15) is 5.11 Å². The van der Waals surface area contributed by atoms with Gasteiger partial charge in [0.05, 0.1) is 0 Å². The average molecular weight is 359 g/mol. The van der Waals surface area contributed by atoms with Crippen molar-refractivity contribution in [1.29, 1.82) is 0 Å². The molecule has 25 heavy (non-hydrogen) atoms. The molecular formula is C20H26N2O2S. The van der Waals surface area contributed by atoms with Crippen molar-refractivity contribution in [3.8, 4) is 21.9 Å². The van der Waals surface area contributed by atoms with Crippen LogP contribution < -0.4 is 4.74 Å². The number of hydrogen-bond donors (Lipinski definition) is 1. The monoisotopic (exact) mass is 358 g/mol. The summed E-state index contributed by atoms with van der Waals surface area (Å²) < 4.78 is 5.90. The molecule has 5 heteroatoms. The molecule has 1 N–H and O–H groups in total. The van der Waals surface area contributed by atoms with Crippen molar-refractivity contribution in [3.63, 3.8) is 0 Å². The zero-order chi connectivity index (χ0) is 17.4. The van der Waals surface area contributed by atoms with E-state index in [-0.39, 0.29) is 5.75 Å². The number of nitrogens with zero attached hydrogens (tertiary/aromatic N) is 2. The number of rotatable bonds is 3. The Morgan fingerprint density at radius 3 is 2.88 bits per heavy atom. The molecule has 3 heterocycles. The van der Waals surface area contributed by atoms with E-state index in [0.29, 0.717) is 18.4 Å². The predicted octanol–water partition coefficient (Wildman–Crippen LogP) is 3.72. The lowest BCUT2D eigenvalue weighted by Crippen LogP contribution is -2.39. The van der Waals surface area contributed by atoms with Crippen LogP contribution in [0.25, 0.3) is 10.4 Å². The summed E-state index contributed by atoms with van der Waals surface area (Å²) in [7, 11) is 2.23. The average Bonchev–Trinajstić information content (AvgIpc) is 3.12. The fourth-order valence-electron chi connectivity index (χ4n) is 3.95. The SMILES string of the molecule is Cc1ccc(-c2cc(O)c3c(c2)CN(C[C@H]2CCCN2C)CCO3)s1. The van der Waals surface area contributed by atoms with E-state index in [2.05, 4.69) is 42.0 Å². The molecule has 4 nitrogen and oxygen atoms in total. The number of likely N-dealkylation sites (tertiary alicyclic amines) is 1. The van der Waals surface area contributed by atoms with E-state index in [0.717, 1.165) is 30.8 Å². The van der Waals surface area contributed by atoms with Crippen LogP contribution >= 0.6 is 11.3 Å². The fraction of sp³-hybridized carbons (Fsp3) is 0.500. The first-order valence-electron chi connectivity index (χ1n) is 9.08. The van der Waals surface area contributed by atoms with E-state index in [1.54, 1.807) is 11.3 Å². The number of fused-ring (bicyclic) bond motifs is 1. The Kier molecular flexibility index (Phi) is 4.71. The molecule has 2 aliphatic rings. The number of phenols is 1. The molecule has 0 amide bonds. The Hall–Kier alpha value is -1.56. The van der Waals surface area contributed by atoms with Crippen molar-refractivity contribution in [2.24, 2.45) is 0 Å². The number of likely N-dealkylation sites (N-methyl/N-ethyl adjacent to an activating group) is 1. The van der Waals surface area contributed by atoms with Gasteiger partial charge in [0, 0.05) is 41.0 Å². The van der Waals surface area contributed by atoms with Gasteiger partial charge < -0.3 is 14.7 Å². The van der Waals surface area contributed by atoms with Gasteiger partial charge in [0.25, 0.3) is 0 Å². The Bertz CT molecular complexity index is 758. The minimum atomic E-state index is 0.262. The van der Waals surface area contributed by atoms with Gasteiger partial charge in [0.2, 0.25) is 0 Å². The third kappa shape index (κ3) is 3.54. The molecule has 0 spiro atoms. The first-order chi connectivity index (χ1) is 12.1. The molecule has 0 radical (unpaired) electrons. The highest BCUT2D eigenvalue weighted by Crippen LogP contribution is 2.39. The highest BCUT2D eigenvalue weighted by atomic mass is 32.1. The summed E-state index contributed by atoms with van der Waals surface area (Å²) in [4.78, 5) is 7.42. The van der Waals surface area contributed by atoms with Crippen LogP contribution in [0.1, 0.15) is 23.3 Å². The molecule has 2 aliphatic heterocycles. The zero-order valence-corrected chi connectivity index (χ0v) is 15.8. The van der Waals surface area contributed by atoms with Crippen molar-refractivity contribution < 1.29 is 9.84 Å². The van der Waals surface area contributed by atoms with Crippen molar-refractivity contribution in [2.75, 3.05) is 33.3 Å². The van der Waals surface area contributed by atoms with Gasteiger partial charge >= 0.3 is 0 Å². The second-order valence-corrected chi connectivity index (χ2v) is 8.54. The smallest absolute Gasteiger partial charge is 0.165 e. The van der Waals surface area contributed by atoms with Gasteiger partial charge in [-0.3, -0.25) is 4.90 Å². The lowest BCUT2D eigenvalue weighted by Gasteiger charge is -2.27. The first kappa shape index (κ1) is 16.9. The van der Waals surface area contributed by atoms with Gasteiger partial charge in [-0.1, -0.05) is 0 Å². The standard InChI is InChI=1S/C20H26N2O2S/c1-14-5-6-19(25-14)15-10-16-12-22(13-17-4-3-7-21(17)2)8-9-24-20(16)18(23)11-15/h5-6,10-11,17,23H,3-4,7-9,12-13H2,1-2H3/t17-/m1/s1. The third-order valence-electron chi connectivity index (χ3n) is 5.36. The number of aryl methyl sites for hydroxylation is 1. The third-order valence-corrected chi connectivity index (χ3v) is 6.41. The van der Waals surface area contributed by atoms with E-state index >= 15 is 0 Å². The molecule has 1 aromatic carbocycles. The summed E-state index contributed by atoms with van der Waals surface area (Å²) in [5.74, 6) is 0.928. The summed E-state index contributed by atoms with van der Waals surface area (Å²) in [5.41, 5.74) is 2.18. The molecule has 134 valence electrons. The van der Waals surface area contributed by atoms with E-state index < -0.39 is 0 Å². The molecule has 1 saturated heterocycles. The number of aromatic hydroxyl groups is 1. The van der Waals surface area contributed by atoms with E-state index in [1.807, 2.05) is 6.07 Å². The van der Waals surface area contributed by atoms with Crippen LogP contribution in [0, 0.1) is 6.92 Å². The summed E-state index contributed by atoms with van der Waals surface area (Å²) in [5, 5.41) is 10.5. The van der Waals surface area contributed by atoms with E-state index in [1.165, 1.54) is 29.1 Å². The topological polar surface area (TPSA) is 35.9 Å². The Morgan fingerprint density at radius 2 is 2.16 bits per heavy atom. The van der Waals surface area contributed by atoms with Crippen LogP contribution in [0.4, 0.5) is 0 Å². The maximum absolute atomic E-state index is 10.5. The summed E-state index contributed by atoms with van der Waals surface area (Å²) in [6.07, 6.45) is 2.57. The predicted molar refractivity (Wildman–Crippen MR) is 103 cm³/mol. The molecule has 1 atom stereocenters.